The zero-order valence-corrected chi connectivity index (χ0v) is 18.3. The predicted octanol–water partition coefficient (Wildman–Crippen LogP) is 4.51. The summed E-state index contributed by atoms with van der Waals surface area (Å²) in [5.41, 5.74) is 1.70. The lowest BCUT2D eigenvalue weighted by molar-refractivity contribution is -0.129. The Bertz CT molecular complexity index is 1170. The number of rotatable bonds is 9. The van der Waals surface area contributed by atoms with Crippen molar-refractivity contribution in [3.8, 4) is 23.0 Å². The fourth-order valence-corrected chi connectivity index (χ4v) is 3.15. The van der Waals surface area contributed by atoms with Crippen LogP contribution in [0.4, 0.5) is 0 Å². The van der Waals surface area contributed by atoms with Gasteiger partial charge in [0.2, 0.25) is 5.90 Å². The molecule has 0 bridgehead atoms. The van der Waals surface area contributed by atoms with Crippen LogP contribution in [-0.2, 0) is 9.53 Å². The third kappa shape index (κ3) is 5.51. The molecule has 0 aromatic heterocycles. The second-order valence-electron chi connectivity index (χ2n) is 6.98. The number of aliphatic imine (C=N–C) groups is 1. The van der Waals surface area contributed by atoms with Crippen LogP contribution in [0.2, 0.25) is 0 Å². The third-order valence-corrected chi connectivity index (χ3v) is 4.80. The maximum absolute atomic E-state index is 12.2. The molecule has 4 rings (SSSR count). The van der Waals surface area contributed by atoms with E-state index in [0.29, 0.717) is 24.7 Å². The van der Waals surface area contributed by atoms with Crippen LogP contribution in [0.1, 0.15) is 11.1 Å². The average Bonchev–Trinajstić information content (AvgIpc) is 3.23. The molecule has 0 spiro atoms. The highest BCUT2D eigenvalue weighted by atomic mass is 16.6. The largest absolute Gasteiger partial charge is 0.497 e. The van der Waals surface area contributed by atoms with Crippen molar-refractivity contribution in [2.24, 2.45) is 4.99 Å². The number of esters is 1. The van der Waals surface area contributed by atoms with Gasteiger partial charge in [-0.05, 0) is 60.2 Å². The number of methoxy groups -OCH3 is 2. The van der Waals surface area contributed by atoms with E-state index < -0.39 is 5.97 Å². The van der Waals surface area contributed by atoms with Gasteiger partial charge in [0, 0.05) is 5.56 Å². The molecule has 0 aliphatic carbocycles. The highest BCUT2D eigenvalue weighted by Crippen LogP contribution is 2.30. The van der Waals surface area contributed by atoms with E-state index in [1.165, 1.54) is 0 Å². The van der Waals surface area contributed by atoms with E-state index >= 15 is 0 Å². The molecule has 0 fully saturated rings. The Morgan fingerprint density at radius 3 is 2.27 bits per heavy atom. The molecule has 1 aliphatic rings. The number of benzene rings is 3. The molecule has 3 aromatic rings. The fourth-order valence-electron chi connectivity index (χ4n) is 3.15. The Kier molecular flexibility index (Phi) is 6.90. The molecule has 0 amide bonds. The number of carbonyl (C=O) groups is 1. The molecule has 0 atom stereocenters. The van der Waals surface area contributed by atoms with Crippen molar-refractivity contribution in [1.82, 2.24) is 0 Å². The second kappa shape index (κ2) is 10.4. The number of carbonyl (C=O) groups excluding carboxylic acids is 1. The van der Waals surface area contributed by atoms with Gasteiger partial charge in [-0.15, -0.1) is 0 Å². The fraction of sp³-hybridized carbons (Fsp3) is 0.154. The number of hydrogen-bond donors (Lipinski definition) is 0. The van der Waals surface area contributed by atoms with Crippen LogP contribution in [0.15, 0.2) is 83.5 Å². The molecular formula is C26H23NO6. The van der Waals surface area contributed by atoms with Crippen molar-refractivity contribution in [3.05, 3.63) is 89.6 Å². The molecule has 3 aromatic carbocycles. The molecule has 7 nitrogen and oxygen atoms in total. The lowest BCUT2D eigenvalue weighted by Crippen LogP contribution is -2.09. The van der Waals surface area contributed by atoms with Crippen molar-refractivity contribution in [1.29, 1.82) is 0 Å². The number of ether oxygens (including phenoxy) is 5. The first kappa shape index (κ1) is 22.0. The van der Waals surface area contributed by atoms with Gasteiger partial charge in [0.05, 0.1) is 14.2 Å². The van der Waals surface area contributed by atoms with E-state index in [-0.39, 0.29) is 11.6 Å². The molecule has 1 heterocycles. The summed E-state index contributed by atoms with van der Waals surface area (Å²) in [7, 11) is 3.18. The van der Waals surface area contributed by atoms with Crippen LogP contribution in [0, 0.1) is 0 Å². The standard InChI is InChI=1S/C26H23NO6/c1-29-20-9-11-21(12-10-20)31-14-15-32-23-13-8-18(17-24(23)30-2)16-22-26(28)33-25(27-22)19-6-4-3-5-7-19/h3-13,16-17H,14-15H2,1-2H3. The second-order valence-corrected chi connectivity index (χ2v) is 6.98. The van der Waals surface area contributed by atoms with Crippen LogP contribution in [0.3, 0.4) is 0 Å². The van der Waals surface area contributed by atoms with Crippen LogP contribution in [-0.4, -0.2) is 39.3 Å². The maximum Gasteiger partial charge on any atom is 0.363 e. The lowest BCUT2D eigenvalue weighted by Gasteiger charge is -2.12. The first-order valence-corrected chi connectivity index (χ1v) is 10.3. The Balaban J connectivity index is 1.39. The number of cyclic esters (lactones) is 1. The highest BCUT2D eigenvalue weighted by Gasteiger charge is 2.24. The van der Waals surface area contributed by atoms with E-state index in [2.05, 4.69) is 4.99 Å². The summed E-state index contributed by atoms with van der Waals surface area (Å²) in [5, 5.41) is 0. The van der Waals surface area contributed by atoms with Gasteiger partial charge in [-0.2, -0.15) is 0 Å². The molecule has 0 unspecified atom stereocenters. The summed E-state index contributed by atoms with van der Waals surface area (Å²) >= 11 is 0. The lowest BCUT2D eigenvalue weighted by atomic mass is 10.1. The topological polar surface area (TPSA) is 75.6 Å². The maximum atomic E-state index is 12.2. The van der Waals surface area contributed by atoms with E-state index in [9.17, 15) is 4.79 Å². The Morgan fingerprint density at radius 1 is 0.818 bits per heavy atom. The quantitative estimate of drug-likeness (QED) is 0.274. The van der Waals surface area contributed by atoms with Gasteiger partial charge in [-0.25, -0.2) is 9.79 Å². The van der Waals surface area contributed by atoms with Crippen LogP contribution >= 0.6 is 0 Å². The van der Waals surface area contributed by atoms with Crippen LogP contribution in [0.25, 0.3) is 6.08 Å². The zero-order valence-electron chi connectivity index (χ0n) is 18.3. The van der Waals surface area contributed by atoms with E-state index in [1.54, 1.807) is 32.4 Å². The van der Waals surface area contributed by atoms with Gasteiger partial charge in [0.15, 0.2) is 17.2 Å². The monoisotopic (exact) mass is 445 g/mol. The predicted molar refractivity (Wildman–Crippen MR) is 124 cm³/mol. The van der Waals surface area contributed by atoms with Gasteiger partial charge < -0.3 is 23.7 Å². The molecule has 7 heteroatoms. The summed E-state index contributed by atoms with van der Waals surface area (Å²) in [6, 6.07) is 22.0. The number of nitrogens with zero attached hydrogens (tertiary/aromatic N) is 1. The summed E-state index contributed by atoms with van der Waals surface area (Å²) in [5.74, 6) is 2.39. The smallest absolute Gasteiger partial charge is 0.363 e. The Hall–Kier alpha value is -4.26. The minimum atomic E-state index is -0.496. The highest BCUT2D eigenvalue weighted by molar-refractivity contribution is 6.12. The normalized spacial score (nSPS) is 13.9. The van der Waals surface area contributed by atoms with Gasteiger partial charge in [-0.1, -0.05) is 24.3 Å². The van der Waals surface area contributed by atoms with Gasteiger partial charge in [-0.3, -0.25) is 0 Å². The van der Waals surface area contributed by atoms with E-state index in [4.69, 9.17) is 23.7 Å². The van der Waals surface area contributed by atoms with Crippen molar-refractivity contribution >= 4 is 17.9 Å². The molecule has 1 aliphatic heterocycles. The molecule has 0 N–H and O–H groups in total. The zero-order chi connectivity index (χ0) is 23.0. The van der Waals surface area contributed by atoms with Crippen molar-refractivity contribution < 1.29 is 28.5 Å². The third-order valence-electron chi connectivity index (χ3n) is 4.80. The van der Waals surface area contributed by atoms with Crippen molar-refractivity contribution in [2.75, 3.05) is 27.4 Å². The summed E-state index contributed by atoms with van der Waals surface area (Å²) in [4.78, 5) is 16.6. The molecule has 0 saturated heterocycles. The molecule has 0 radical (unpaired) electrons. The summed E-state index contributed by atoms with van der Waals surface area (Å²) < 4.78 is 27.3. The minimum Gasteiger partial charge on any atom is -0.497 e. The van der Waals surface area contributed by atoms with Gasteiger partial charge in [0.1, 0.15) is 24.7 Å². The van der Waals surface area contributed by atoms with Crippen LogP contribution < -0.4 is 18.9 Å². The SMILES string of the molecule is COc1ccc(OCCOc2ccc(C=C3N=C(c4ccccc4)OC3=O)cc2OC)cc1. The van der Waals surface area contributed by atoms with E-state index in [1.807, 2.05) is 60.7 Å². The molecular weight excluding hydrogens is 422 g/mol. The minimum absolute atomic E-state index is 0.220. The average molecular weight is 445 g/mol. The summed E-state index contributed by atoms with van der Waals surface area (Å²) in [6.07, 6.45) is 1.65. The number of hydrogen-bond acceptors (Lipinski definition) is 7. The first-order chi connectivity index (χ1) is 16.2. The van der Waals surface area contributed by atoms with Crippen molar-refractivity contribution in [2.45, 2.75) is 0 Å². The van der Waals surface area contributed by atoms with E-state index in [0.717, 1.165) is 22.6 Å². The van der Waals surface area contributed by atoms with Gasteiger partial charge in [0.25, 0.3) is 0 Å². The molecule has 168 valence electrons. The Labute approximate surface area is 191 Å². The van der Waals surface area contributed by atoms with Crippen LogP contribution in [0.5, 0.6) is 23.0 Å². The van der Waals surface area contributed by atoms with Crippen molar-refractivity contribution in [3.63, 3.8) is 0 Å². The van der Waals surface area contributed by atoms with Gasteiger partial charge >= 0.3 is 5.97 Å². The summed E-state index contributed by atoms with van der Waals surface area (Å²) in [6.45, 7) is 0.698. The molecule has 0 saturated carbocycles. The Morgan fingerprint density at radius 2 is 1.55 bits per heavy atom. The molecule has 33 heavy (non-hydrogen) atoms. The first-order valence-electron chi connectivity index (χ1n) is 10.3.